The summed E-state index contributed by atoms with van der Waals surface area (Å²) < 4.78 is 0. The van der Waals surface area contributed by atoms with Gasteiger partial charge in [-0.15, -0.1) is 0 Å². The number of carbonyl (C=O) groups is 2. The lowest BCUT2D eigenvalue weighted by Gasteiger charge is -2.30. The SMILES string of the molecule is CCN(C(=O)CCNC(C)=O)[C@@H]1CCN([C@@H](C)c2ccccc2)C1. The lowest BCUT2D eigenvalue weighted by Crippen LogP contribution is -2.43. The zero-order chi connectivity index (χ0) is 17.5. The molecule has 0 radical (unpaired) electrons. The van der Waals surface area contributed by atoms with Crippen molar-refractivity contribution in [3.63, 3.8) is 0 Å². The van der Waals surface area contributed by atoms with Crippen LogP contribution in [0.2, 0.25) is 0 Å². The van der Waals surface area contributed by atoms with E-state index in [4.69, 9.17) is 0 Å². The van der Waals surface area contributed by atoms with E-state index in [9.17, 15) is 9.59 Å². The molecule has 1 fully saturated rings. The minimum absolute atomic E-state index is 0.0884. The van der Waals surface area contributed by atoms with Gasteiger partial charge in [-0.05, 0) is 25.8 Å². The second-order valence-corrected chi connectivity index (χ2v) is 6.44. The number of nitrogens with zero attached hydrogens (tertiary/aromatic N) is 2. The second kappa shape index (κ2) is 8.83. The van der Waals surface area contributed by atoms with Gasteiger partial charge in [-0.25, -0.2) is 0 Å². The molecule has 1 aliphatic rings. The molecule has 2 amide bonds. The summed E-state index contributed by atoms with van der Waals surface area (Å²) in [5.74, 6) is 0.0417. The van der Waals surface area contributed by atoms with Crippen molar-refractivity contribution in [2.45, 2.75) is 45.7 Å². The maximum atomic E-state index is 12.4. The highest BCUT2D eigenvalue weighted by Crippen LogP contribution is 2.26. The molecule has 2 atom stereocenters. The quantitative estimate of drug-likeness (QED) is 0.833. The van der Waals surface area contributed by atoms with Gasteiger partial charge in [-0.3, -0.25) is 14.5 Å². The zero-order valence-electron chi connectivity index (χ0n) is 15.0. The van der Waals surface area contributed by atoms with Crippen LogP contribution in [0, 0.1) is 0 Å². The number of likely N-dealkylation sites (N-methyl/N-ethyl adjacent to an activating group) is 1. The Morgan fingerprint density at radius 2 is 2.04 bits per heavy atom. The molecular weight excluding hydrogens is 302 g/mol. The van der Waals surface area contributed by atoms with E-state index in [1.165, 1.54) is 12.5 Å². The Morgan fingerprint density at radius 1 is 1.33 bits per heavy atom. The fourth-order valence-corrected chi connectivity index (χ4v) is 3.44. The molecule has 0 spiro atoms. The summed E-state index contributed by atoms with van der Waals surface area (Å²) in [6.07, 6.45) is 1.38. The molecule has 1 N–H and O–H groups in total. The van der Waals surface area contributed by atoms with E-state index in [1.807, 2.05) is 17.9 Å². The summed E-state index contributed by atoms with van der Waals surface area (Å²) >= 11 is 0. The van der Waals surface area contributed by atoms with Crippen LogP contribution in [0.4, 0.5) is 0 Å². The molecule has 132 valence electrons. The van der Waals surface area contributed by atoms with Crippen LogP contribution in [0.3, 0.4) is 0 Å². The Hall–Kier alpha value is -1.88. The minimum atomic E-state index is -0.0884. The predicted octanol–water partition coefficient (Wildman–Crippen LogP) is 2.20. The van der Waals surface area contributed by atoms with Gasteiger partial charge in [-0.1, -0.05) is 30.3 Å². The van der Waals surface area contributed by atoms with Crippen LogP contribution < -0.4 is 5.32 Å². The highest BCUT2D eigenvalue weighted by Gasteiger charge is 2.31. The van der Waals surface area contributed by atoms with E-state index in [0.717, 1.165) is 26.1 Å². The maximum Gasteiger partial charge on any atom is 0.224 e. The van der Waals surface area contributed by atoms with Gasteiger partial charge in [0.15, 0.2) is 0 Å². The van der Waals surface area contributed by atoms with E-state index in [2.05, 4.69) is 41.4 Å². The number of hydrogen-bond donors (Lipinski definition) is 1. The van der Waals surface area contributed by atoms with Gasteiger partial charge in [0.05, 0.1) is 0 Å². The fourth-order valence-electron chi connectivity index (χ4n) is 3.44. The van der Waals surface area contributed by atoms with Crippen molar-refractivity contribution in [1.82, 2.24) is 15.1 Å². The van der Waals surface area contributed by atoms with E-state index in [0.29, 0.717) is 19.0 Å². The molecule has 0 saturated carbocycles. The molecule has 0 unspecified atom stereocenters. The first-order valence-electron chi connectivity index (χ1n) is 8.85. The van der Waals surface area contributed by atoms with Crippen LogP contribution in [0.25, 0.3) is 0 Å². The summed E-state index contributed by atoms with van der Waals surface area (Å²) in [7, 11) is 0. The molecule has 0 bridgehead atoms. The summed E-state index contributed by atoms with van der Waals surface area (Å²) in [5.41, 5.74) is 1.32. The first-order valence-corrected chi connectivity index (χ1v) is 8.85. The molecule has 0 aromatic heterocycles. The average Bonchev–Trinajstić information content (AvgIpc) is 3.05. The van der Waals surface area contributed by atoms with Crippen LogP contribution in [0.15, 0.2) is 30.3 Å². The number of nitrogens with one attached hydrogen (secondary N) is 1. The van der Waals surface area contributed by atoms with Gasteiger partial charge < -0.3 is 10.2 Å². The van der Waals surface area contributed by atoms with Gasteiger partial charge in [0, 0.05) is 51.6 Å². The maximum absolute atomic E-state index is 12.4. The standard InChI is InChI=1S/C19H29N3O2/c1-4-22(19(24)10-12-20-16(3)23)18-11-13-21(14-18)15(2)17-8-6-5-7-9-17/h5-9,15,18H,4,10-14H2,1-3H3,(H,20,23)/t15-,18+/m0/s1. The first-order chi connectivity index (χ1) is 11.5. The van der Waals surface area contributed by atoms with E-state index < -0.39 is 0 Å². The molecule has 1 aliphatic heterocycles. The smallest absolute Gasteiger partial charge is 0.224 e. The molecular formula is C19H29N3O2. The Kier molecular flexibility index (Phi) is 6.79. The van der Waals surface area contributed by atoms with Crippen LogP contribution in [0.1, 0.15) is 45.2 Å². The predicted molar refractivity (Wildman–Crippen MR) is 95.5 cm³/mol. The number of hydrogen-bond acceptors (Lipinski definition) is 3. The van der Waals surface area contributed by atoms with Crippen molar-refractivity contribution in [2.75, 3.05) is 26.2 Å². The van der Waals surface area contributed by atoms with Gasteiger partial charge >= 0.3 is 0 Å². The van der Waals surface area contributed by atoms with Gasteiger partial charge in [-0.2, -0.15) is 0 Å². The van der Waals surface area contributed by atoms with Crippen molar-refractivity contribution in [1.29, 1.82) is 0 Å². The molecule has 5 nitrogen and oxygen atoms in total. The Bertz CT molecular complexity index is 547. The number of likely N-dealkylation sites (tertiary alicyclic amines) is 1. The summed E-state index contributed by atoms with van der Waals surface area (Å²) in [6, 6.07) is 11.1. The first kappa shape index (κ1) is 18.5. The van der Waals surface area contributed by atoms with Crippen molar-refractivity contribution < 1.29 is 9.59 Å². The topological polar surface area (TPSA) is 52.7 Å². The molecule has 1 heterocycles. The molecule has 2 rings (SSSR count). The average molecular weight is 331 g/mol. The fraction of sp³-hybridized carbons (Fsp3) is 0.579. The zero-order valence-corrected chi connectivity index (χ0v) is 15.0. The third kappa shape index (κ3) is 4.81. The monoisotopic (exact) mass is 331 g/mol. The molecule has 24 heavy (non-hydrogen) atoms. The number of amides is 2. The van der Waals surface area contributed by atoms with Crippen molar-refractivity contribution in [3.05, 3.63) is 35.9 Å². The molecule has 1 aromatic carbocycles. The number of carbonyl (C=O) groups excluding carboxylic acids is 2. The Labute approximate surface area is 145 Å². The Morgan fingerprint density at radius 3 is 2.67 bits per heavy atom. The lowest BCUT2D eigenvalue weighted by atomic mass is 10.1. The van der Waals surface area contributed by atoms with Crippen LogP contribution >= 0.6 is 0 Å². The third-order valence-electron chi connectivity index (χ3n) is 4.84. The molecule has 5 heteroatoms. The van der Waals surface area contributed by atoms with E-state index in [1.54, 1.807) is 0 Å². The number of benzene rings is 1. The minimum Gasteiger partial charge on any atom is -0.356 e. The van der Waals surface area contributed by atoms with E-state index in [-0.39, 0.29) is 17.9 Å². The van der Waals surface area contributed by atoms with Gasteiger partial charge in [0.1, 0.15) is 0 Å². The second-order valence-electron chi connectivity index (χ2n) is 6.44. The molecule has 1 aromatic rings. The van der Waals surface area contributed by atoms with Crippen molar-refractivity contribution in [3.8, 4) is 0 Å². The summed E-state index contributed by atoms with van der Waals surface area (Å²) in [6.45, 7) is 8.79. The van der Waals surface area contributed by atoms with Gasteiger partial charge in [0.25, 0.3) is 0 Å². The molecule has 0 aliphatic carbocycles. The normalized spacial score (nSPS) is 19.0. The van der Waals surface area contributed by atoms with Crippen molar-refractivity contribution in [2.24, 2.45) is 0 Å². The summed E-state index contributed by atoms with van der Waals surface area (Å²) in [5, 5.41) is 2.70. The number of rotatable bonds is 7. The third-order valence-corrected chi connectivity index (χ3v) is 4.84. The highest BCUT2D eigenvalue weighted by molar-refractivity contribution is 5.78. The van der Waals surface area contributed by atoms with Crippen LogP contribution in [0.5, 0.6) is 0 Å². The molecule has 1 saturated heterocycles. The van der Waals surface area contributed by atoms with Crippen molar-refractivity contribution >= 4 is 11.8 Å². The summed E-state index contributed by atoms with van der Waals surface area (Å²) in [4.78, 5) is 27.8. The van der Waals surface area contributed by atoms with Crippen LogP contribution in [-0.2, 0) is 9.59 Å². The highest BCUT2D eigenvalue weighted by atomic mass is 16.2. The lowest BCUT2D eigenvalue weighted by molar-refractivity contribution is -0.133. The van der Waals surface area contributed by atoms with Crippen LogP contribution in [-0.4, -0.2) is 53.8 Å². The van der Waals surface area contributed by atoms with E-state index >= 15 is 0 Å². The van der Waals surface area contributed by atoms with Gasteiger partial charge in [0.2, 0.25) is 11.8 Å². The Balaban J connectivity index is 1.90. The largest absolute Gasteiger partial charge is 0.356 e.